The first-order valence-corrected chi connectivity index (χ1v) is 15.0. The van der Waals surface area contributed by atoms with Gasteiger partial charge in [0.05, 0.1) is 27.8 Å². The summed E-state index contributed by atoms with van der Waals surface area (Å²) in [5, 5.41) is -0.940. The summed E-state index contributed by atoms with van der Waals surface area (Å²) >= 11 is 0. The molecule has 0 unspecified atom stereocenters. The third-order valence-corrected chi connectivity index (χ3v) is 10.8. The maximum Gasteiger partial charge on any atom is 0.183 e. The van der Waals surface area contributed by atoms with Crippen LogP contribution in [0.3, 0.4) is 0 Å². The molecule has 0 bridgehead atoms. The highest BCUT2D eigenvalue weighted by Crippen LogP contribution is 2.32. The summed E-state index contributed by atoms with van der Waals surface area (Å²) in [5.74, 6) is 0.730. The fraction of sp³-hybridized carbons (Fsp3) is 0.520. The summed E-state index contributed by atoms with van der Waals surface area (Å²) in [6.45, 7) is 5.26. The molecule has 0 aliphatic carbocycles. The Morgan fingerprint density at radius 1 is 0.970 bits per heavy atom. The van der Waals surface area contributed by atoms with Crippen molar-refractivity contribution in [2.45, 2.75) is 55.4 Å². The molecule has 0 amide bonds. The molecule has 0 aromatic heterocycles. The van der Waals surface area contributed by atoms with Crippen LogP contribution in [0.1, 0.15) is 32.3 Å². The smallest absolute Gasteiger partial charge is 0.183 e. The number of benzene rings is 2. The van der Waals surface area contributed by atoms with Gasteiger partial charge in [0.25, 0.3) is 0 Å². The molecule has 6 nitrogen and oxygen atoms in total. The first-order chi connectivity index (χ1) is 15.6. The lowest BCUT2D eigenvalue weighted by molar-refractivity contribution is 0.144. The zero-order valence-electron chi connectivity index (χ0n) is 19.3. The van der Waals surface area contributed by atoms with Crippen molar-refractivity contribution in [3.05, 3.63) is 60.2 Å². The average Bonchev–Trinajstić information content (AvgIpc) is 3.11. The van der Waals surface area contributed by atoms with Crippen molar-refractivity contribution in [1.29, 1.82) is 0 Å². The lowest BCUT2D eigenvalue weighted by Gasteiger charge is -2.37. The molecule has 4 rings (SSSR count). The maximum absolute atomic E-state index is 13.5. The minimum atomic E-state index is -3.79. The van der Waals surface area contributed by atoms with Gasteiger partial charge in [-0.2, -0.15) is 0 Å². The van der Waals surface area contributed by atoms with Crippen LogP contribution < -0.4 is 4.74 Å². The number of piperidine rings is 1. The summed E-state index contributed by atoms with van der Waals surface area (Å²) in [6.07, 6.45) is 2.88. The second-order valence-corrected chi connectivity index (χ2v) is 13.9. The zero-order chi connectivity index (χ0) is 23.6. The number of nitrogens with zero attached hydrogens (tertiary/aromatic N) is 1. The monoisotopic (exact) mass is 491 g/mol. The molecule has 2 aliphatic rings. The van der Waals surface area contributed by atoms with Gasteiger partial charge < -0.3 is 4.74 Å². The van der Waals surface area contributed by atoms with Crippen LogP contribution in [0.5, 0.6) is 5.75 Å². The van der Waals surface area contributed by atoms with Gasteiger partial charge in [0.2, 0.25) is 0 Å². The number of likely N-dealkylation sites (tertiary alicyclic amines) is 1. The molecule has 2 aliphatic heterocycles. The van der Waals surface area contributed by atoms with E-state index in [1.54, 1.807) is 12.1 Å². The van der Waals surface area contributed by atoms with Crippen molar-refractivity contribution in [1.82, 2.24) is 4.90 Å². The van der Waals surface area contributed by atoms with Crippen LogP contribution in [-0.4, -0.2) is 63.7 Å². The molecule has 180 valence electrons. The fourth-order valence-electron chi connectivity index (χ4n) is 5.02. The molecule has 2 aromatic carbocycles. The molecule has 0 spiro atoms. The van der Waals surface area contributed by atoms with Crippen LogP contribution in [0, 0.1) is 5.92 Å². The van der Waals surface area contributed by atoms with Crippen molar-refractivity contribution >= 4 is 19.7 Å². The van der Waals surface area contributed by atoms with Gasteiger partial charge in [-0.05, 0) is 81.9 Å². The SMILES string of the molecule is CC(C)Oc1ccc(S(=O)(=O)[C@H]2CS(=O)(=O)C[C@@H]2N2CCC(Cc3ccccc3)CC2)cc1. The molecule has 0 radical (unpaired) electrons. The summed E-state index contributed by atoms with van der Waals surface area (Å²) in [7, 11) is -7.21. The lowest BCUT2D eigenvalue weighted by Crippen LogP contribution is -2.49. The molecule has 33 heavy (non-hydrogen) atoms. The second kappa shape index (κ2) is 9.76. The molecule has 2 fully saturated rings. The van der Waals surface area contributed by atoms with Crippen LogP contribution in [0.15, 0.2) is 59.5 Å². The summed E-state index contributed by atoms with van der Waals surface area (Å²) in [4.78, 5) is 2.26. The highest BCUT2D eigenvalue weighted by atomic mass is 32.2. The van der Waals surface area contributed by atoms with Gasteiger partial charge in [0, 0.05) is 6.04 Å². The minimum Gasteiger partial charge on any atom is -0.491 e. The normalized spacial score (nSPS) is 24.2. The van der Waals surface area contributed by atoms with E-state index in [0.717, 1.165) is 32.4 Å². The van der Waals surface area contributed by atoms with E-state index < -0.39 is 31.0 Å². The van der Waals surface area contributed by atoms with E-state index in [9.17, 15) is 16.8 Å². The Labute approximate surface area is 197 Å². The van der Waals surface area contributed by atoms with Crippen LogP contribution >= 0.6 is 0 Å². The Morgan fingerprint density at radius 2 is 1.61 bits per heavy atom. The maximum atomic E-state index is 13.5. The van der Waals surface area contributed by atoms with Crippen molar-refractivity contribution in [2.75, 3.05) is 24.6 Å². The highest BCUT2D eigenvalue weighted by Gasteiger charge is 2.48. The van der Waals surface area contributed by atoms with Crippen LogP contribution in [0.25, 0.3) is 0 Å². The van der Waals surface area contributed by atoms with Crippen molar-refractivity contribution in [2.24, 2.45) is 5.92 Å². The lowest BCUT2D eigenvalue weighted by atomic mass is 9.89. The minimum absolute atomic E-state index is 0.0124. The van der Waals surface area contributed by atoms with Gasteiger partial charge in [-0.15, -0.1) is 0 Å². The van der Waals surface area contributed by atoms with Gasteiger partial charge in [0.15, 0.2) is 19.7 Å². The Bertz CT molecular complexity index is 1140. The third-order valence-electron chi connectivity index (χ3n) is 6.68. The van der Waals surface area contributed by atoms with Gasteiger partial charge in [-0.1, -0.05) is 30.3 Å². The Morgan fingerprint density at radius 3 is 2.21 bits per heavy atom. The topological polar surface area (TPSA) is 80.8 Å². The first kappa shape index (κ1) is 24.2. The van der Waals surface area contributed by atoms with Gasteiger partial charge in [-0.3, -0.25) is 4.90 Å². The molecular formula is C25H33NO5S2. The largest absolute Gasteiger partial charge is 0.491 e. The summed E-state index contributed by atoms with van der Waals surface area (Å²) in [6, 6.07) is 16.2. The predicted molar refractivity (Wildman–Crippen MR) is 130 cm³/mol. The van der Waals surface area contributed by atoms with E-state index in [2.05, 4.69) is 17.0 Å². The molecule has 2 heterocycles. The first-order valence-electron chi connectivity index (χ1n) is 11.6. The van der Waals surface area contributed by atoms with E-state index in [1.165, 1.54) is 17.7 Å². The van der Waals surface area contributed by atoms with E-state index in [0.29, 0.717) is 11.7 Å². The number of hydrogen-bond acceptors (Lipinski definition) is 6. The number of ether oxygens (including phenoxy) is 1. The number of rotatable bonds is 7. The van der Waals surface area contributed by atoms with Crippen LogP contribution in [-0.2, 0) is 26.1 Å². The summed E-state index contributed by atoms with van der Waals surface area (Å²) < 4.78 is 57.7. The van der Waals surface area contributed by atoms with E-state index >= 15 is 0 Å². The standard InChI is InChI=1S/C25H33NO5S2/c1-19(2)31-22-8-10-23(11-9-22)33(29,30)25-18-32(27,28)17-24(25)26-14-12-21(13-15-26)16-20-6-4-3-5-7-20/h3-11,19,21,24-25H,12-18H2,1-2H3/t24-,25-/m0/s1. The molecule has 0 saturated carbocycles. The quantitative estimate of drug-likeness (QED) is 0.591. The van der Waals surface area contributed by atoms with Crippen molar-refractivity contribution in [3.63, 3.8) is 0 Å². The average molecular weight is 492 g/mol. The van der Waals surface area contributed by atoms with Gasteiger partial charge in [-0.25, -0.2) is 16.8 Å². The molecule has 2 aromatic rings. The Hall–Kier alpha value is -1.90. The fourth-order valence-corrected chi connectivity index (χ4v) is 9.85. The second-order valence-electron chi connectivity index (χ2n) is 9.53. The Kier molecular flexibility index (Phi) is 7.17. The van der Waals surface area contributed by atoms with E-state index in [4.69, 9.17) is 4.74 Å². The third kappa shape index (κ3) is 5.78. The van der Waals surface area contributed by atoms with E-state index in [-0.39, 0.29) is 22.5 Å². The molecular weight excluding hydrogens is 458 g/mol. The predicted octanol–water partition coefficient (Wildman–Crippen LogP) is 3.37. The summed E-state index contributed by atoms with van der Waals surface area (Å²) in [5.41, 5.74) is 1.31. The molecule has 2 saturated heterocycles. The number of sulfone groups is 2. The molecule has 0 N–H and O–H groups in total. The van der Waals surface area contributed by atoms with Gasteiger partial charge >= 0.3 is 0 Å². The van der Waals surface area contributed by atoms with Crippen molar-refractivity contribution < 1.29 is 21.6 Å². The van der Waals surface area contributed by atoms with Crippen molar-refractivity contribution in [3.8, 4) is 5.75 Å². The molecule has 2 atom stereocenters. The van der Waals surface area contributed by atoms with E-state index in [1.807, 2.05) is 32.0 Å². The number of hydrogen-bond donors (Lipinski definition) is 0. The highest BCUT2D eigenvalue weighted by molar-refractivity contribution is 7.96. The molecule has 8 heteroatoms. The van der Waals surface area contributed by atoms with Crippen LogP contribution in [0.4, 0.5) is 0 Å². The van der Waals surface area contributed by atoms with Gasteiger partial charge in [0.1, 0.15) is 5.75 Å². The Balaban J connectivity index is 1.47. The zero-order valence-corrected chi connectivity index (χ0v) is 20.9. The van der Waals surface area contributed by atoms with Crippen LogP contribution in [0.2, 0.25) is 0 Å².